The summed E-state index contributed by atoms with van der Waals surface area (Å²) in [6.07, 6.45) is -0.632. The molecule has 1 unspecified atom stereocenters. The molecule has 8 nitrogen and oxygen atoms in total. The molecule has 1 atom stereocenters. The third-order valence-electron chi connectivity index (χ3n) is 4.57. The third-order valence-corrected chi connectivity index (χ3v) is 6.93. The van der Waals surface area contributed by atoms with E-state index in [1.807, 2.05) is 31.2 Å². The molecule has 0 fully saturated rings. The van der Waals surface area contributed by atoms with Crippen molar-refractivity contribution in [2.75, 3.05) is 17.1 Å². The molecule has 1 aliphatic heterocycles. The first-order valence-corrected chi connectivity index (χ1v) is 11.3. The predicted molar refractivity (Wildman–Crippen MR) is 115 cm³/mol. The molecule has 2 heterocycles. The van der Waals surface area contributed by atoms with Crippen molar-refractivity contribution in [3.8, 4) is 22.8 Å². The molecule has 0 bridgehead atoms. The van der Waals surface area contributed by atoms with Crippen LogP contribution in [-0.4, -0.2) is 32.5 Å². The van der Waals surface area contributed by atoms with Crippen LogP contribution in [-0.2, 0) is 14.8 Å². The van der Waals surface area contributed by atoms with E-state index in [9.17, 15) is 13.2 Å². The van der Waals surface area contributed by atoms with Crippen LogP contribution in [0, 0.1) is 6.92 Å². The van der Waals surface area contributed by atoms with Crippen molar-refractivity contribution in [1.82, 2.24) is 4.98 Å². The van der Waals surface area contributed by atoms with Gasteiger partial charge in [-0.3, -0.25) is 9.52 Å². The summed E-state index contributed by atoms with van der Waals surface area (Å²) >= 11 is 1.24. The number of rotatable bonds is 5. The maximum atomic E-state index is 12.9. The highest BCUT2D eigenvalue weighted by Crippen LogP contribution is 2.34. The monoisotopic (exact) mass is 445 g/mol. The molecule has 4 rings (SSSR count). The first kappa shape index (κ1) is 20.2. The van der Waals surface area contributed by atoms with E-state index in [-0.39, 0.29) is 15.9 Å². The van der Waals surface area contributed by atoms with Gasteiger partial charge < -0.3 is 14.8 Å². The van der Waals surface area contributed by atoms with E-state index in [1.165, 1.54) is 29.5 Å². The molecule has 10 heteroatoms. The molecule has 1 amide bonds. The fourth-order valence-electron chi connectivity index (χ4n) is 2.99. The lowest BCUT2D eigenvalue weighted by Gasteiger charge is -2.23. The fourth-order valence-corrected chi connectivity index (χ4v) is 5.08. The Kier molecular flexibility index (Phi) is 5.12. The van der Waals surface area contributed by atoms with E-state index in [0.29, 0.717) is 17.1 Å². The molecule has 2 N–H and O–H groups in total. The number of sulfonamides is 1. The molecule has 0 aliphatic carbocycles. The summed E-state index contributed by atoms with van der Waals surface area (Å²) in [5, 5.41) is 2.91. The summed E-state index contributed by atoms with van der Waals surface area (Å²) in [4.78, 5) is 17.1. The van der Waals surface area contributed by atoms with Crippen LogP contribution in [0.15, 0.2) is 47.4 Å². The zero-order chi connectivity index (χ0) is 21.5. The SMILES string of the molecule is COc1ccc(-c2nc(NS(=O)(=O)c3ccc4c(c3)NC(=O)C(C)O4)sc2C)cc1. The number of amides is 1. The molecule has 0 radical (unpaired) electrons. The molecule has 0 spiro atoms. The lowest BCUT2D eigenvalue weighted by molar-refractivity contribution is -0.122. The number of benzene rings is 2. The molecule has 1 aromatic heterocycles. The van der Waals surface area contributed by atoms with Crippen molar-refractivity contribution >= 4 is 38.1 Å². The number of thiazole rings is 1. The average Bonchev–Trinajstić information content (AvgIpc) is 3.07. The Morgan fingerprint density at radius 2 is 1.93 bits per heavy atom. The smallest absolute Gasteiger partial charge is 0.265 e. The van der Waals surface area contributed by atoms with Gasteiger partial charge in [0.2, 0.25) is 0 Å². The third kappa shape index (κ3) is 3.83. The average molecular weight is 446 g/mol. The van der Waals surface area contributed by atoms with Crippen LogP contribution in [0.25, 0.3) is 11.3 Å². The van der Waals surface area contributed by atoms with Crippen LogP contribution in [0.2, 0.25) is 0 Å². The number of ether oxygens (including phenoxy) is 2. The number of nitrogens with zero attached hydrogens (tertiary/aromatic N) is 1. The summed E-state index contributed by atoms with van der Waals surface area (Å²) in [6, 6.07) is 11.7. The van der Waals surface area contributed by atoms with Gasteiger partial charge in [0.25, 0.3) is 15.9 Å². The Hall–Kier alpha value is -3.11. The van der Waals surface area contributed by atoms with Crippen molar-refractivity contribution in [1.29, 1.82) is 0 Å². The topological polar surface area (TPSA) is 107 Å². The van der Waals surface area contributed by atoms with Crippen LogP contribution in [0.5, 0.6) is 11.5 Å². The molecule has 1 aliphatic rings. The Morgan fingerprint density at radius 1 is 1.20 bits per heavy atom. The summed E-state index contributed by atoms with van der Waals surface area (Å²) in [5.41, 5.74) is 1.87. The number of methoxy groups -OCH3 is 1. The van der Waals surface area contributed by atoms with Crippen molar-refractivity contribution < 1.29 is 22.7 Å². The Morgan fingerprint density at radius 3 is 2.63 bits per heavy atom. The first-order chi connectivity index (χ1) is 14.3. The van der Waals surface area contributed by atoms with Gasteiger partial charge in [-0.25, -0.2) is 13.4 Å². The van der Waals surface area contributed by atoms with Gasteiger partial charge in [0.1, 0.15) is 11.5 Å². The summed E-state index contributed by atoms with van der Waals surface area (Å²) in [6.45, 7) is 3.50. The van der Waals surface area contributed by atoms with Crippen molar-refractivity contribution in [3.05, 3.63) is 47.3 Å². The number of aromatic nitrogens is 1. The van der Waals surface area contributed by atoms with Crippen molar-refractivity contribution in [2.24, 2.45) is 0 Å². The lowest BCUT2D eigenvalue weighted by Crippen LogP contribution is -2.34. The highest BCUT2D eigenvalue weighted by atomic mass is 32.2. The Balaban J connectivity index is 1.60. The minimum absolute atomic E-state index is 0.00134. The molecular weight excluding hydrogens is 426 g/mol. The second-order valence-electron chi connectivity index (χ2n) is 6.67. The van der Waals surface area contributed by atoms with E-state index in [0.717, 1.165) is 16.2 Å². The summed E-state index contributed by atoms with van der Waals surface area (Å²) in [5.74, 6) is 0.822. The number of hydrogen-bond acceptors (Lipinski definition) is 7. The largest absolute Gasteiger partial charge is 0.497 e. The molecule has 2 aromatic carbocycles. The highest BCUT2D eigenvalue weighted by molar-refractivity contribution is 7.93. The Labute approximate surface area is 177 Å². The normalized spacial score (nSPS) is 15.7. The molecular formula is C20H19N3O5S2. The van der Waals surface area contributed by atoms with Gasteiger partial charge in [-0.1, -0.05) is 0 Å². The quantitative estimate of drug-likeness (QED) is 0.621. The molecule has 156 valence electrons. The number of anilines is 2. The van der Waals surface area contributed by atoms with Crippen molar-refractivity contribution in [3.63, 3.8) is 0 Å². The van der Waals surface area contributed by atoms with Crippen LogP contribution in [0.1, 0.15) is 11.8 Å². The second-order valence-corrected chi connectivity index (χ2v) is 9.55. The van der Waals surface area contributed by atoms with Crippen molar-refractivity contribution in [2.45, 2.75) is 24.8 Å². The van der Waals surface area contributed by atoms with Crippen LogP contribution in [0.3, 0.4) is 0 Å². The van der Waals surface area contributed by atoms with E-state index >= 15 is 0 Å². The van der Waals surface area contributed by atoms with Crippen LogP contribution >= 0.6 is 11.3 Å². The van der Waals surface area contributed by atoms with Crippen LogP contribution < -0.4 is 19.5 Å². The number of carbonyl (C=O) groups is 1. The molecule has 0 saturated heterocycles. The zero-order valence-electron chi connectivity index (χ0n) is 16.4. The number of hydrogen-bond donors (Lipinski definition) is 2. The summed E-state index contributed by atoms with van der Waals surface area (Å²) in [7, 11) is -2.31. The highest BCUT2D eigenvalue weighted by Gasteiger charge is 2.26. The Bertz CT molecular complexity index is 1220. The second kappa shape index (κ2) is 7.62. The van der Waals surface area contributed by atoms with Gasteiger partial charge in [0.05, 0.1) is 23.4 Å². The van der Waals surface area contributed by atoms with E-state index in [1.54, 1.807) is 14.0 Å². The molecule has 30 heavy (non-hydrogen) atoms. The van der Waals surface area contributed by atoms with E-state index in [4.69, 9.17) is 9.47 Å². The number of nitrogens with one attached hydrogen (secondary N) is 2. The minimum atomic E-state index is -3.90. The molecule has 3 aromatic rings. The maximum Gasteiger partial charge on any atom is 0.265 e. The van der Waals surface area contributed by atoms with Gasteiger partial charge in [-0.05, 0) is 56.3 Å². The predicted octanol–water partition coefficient (Wildman–Crippen LogP) is 3.65. The summed E-state index contributed by atoms with van der Waals surface area (Å²) < 4.78 is 38.9. The van der Waals surface area contributed by atoms with Crippen LogP contribution in [0.4, 0.5) is 10.8 Å². The lowest BCUT2D eigenvalue weighted by atomic mass is 10.1. The van der Waals surface area contributed by atoms with Gasteiger partial charge in [0, 0.05) is 10.4 Å². The zero-order valence-corrected chi connectivity index (χ0v) is 18.1. The van der Waals surface area contributed by atoms with Gasteiger partial charge >= 0.3 is 0 Å². The maximum absolute atomic E-state index is 12.9. The van der Waals surface area contributed by atoms with E-state index < -0.39 is 16.1 Å². The van der Waals surface area contributed by atoms with Gasteiger partial charge in [-0.2, -0.15) is 0 Å². The molecule has 0 saturated carbocycles. The first-order valence-electron chi connectivity index (χ1n) is 9.03. The van der Waals surface area contributed by atoms with E-state index in [2.05, 4.69) is 15.0 Å². The fraction of sp³-hybridized carbons (Fsp3) is 0.200. The van der Waals surface area contributed by atoms with Gasteiger partial charge in [-0.15, -0.1) is 11.3 Å². The van der Waals surface area contributed by atoms with Gasteiger partial charge in [0.15, 0.2) is 11.2 Å². The number of fused-ring (bicyclic) bond motifs is 1. The number of carbonyl (C=O) groups excluding carboxylic acids is 1. The standard InChI is InChI=1S/C20H19N3O5S2/c1-11-19(24)21-16-10-15(8-9-17(16)28-11)30(25,26)23-20-22-18(12(2)29-20)13-4-6-14(27-3)7-5-13/h4-11H,1-3H3,(H,21,24)(H,22,23). The number of aryl methyl sites for hydroxylation is 1. The minimum Gasteiger partial charge on any atom is -0.497 e.